The van der Waals surface area contributed by atoms with Crippen LogP contribution in [0.3, 0.4) is 0 Å². The summed E-state index contributed by atoms with van der Waals surface area (Å²) in [5.74, 6) is 0.00432. The van der Waals surface area contributed by atoms with Crippen LogP contribution in [0.5, 0.6) is 0 Å². The highest BCUT2D eigenvalue weighted by Gasteiger charge is 2.20. The van der Waals surface area contributed by atoms with Gasteiger partial charge in [0.1, 0.15) is 0 Å². The van der Waals surface area contributed by atoms with E-state index in [4.69, 9.17) is 5.73 Å². The van der Waals surface area contributed by atoms with Crippen LogP contribution >= 0.6 is 11.3 Å². The Morgan fingerprint density at radius 3 is 2.27 bits per heavy atom. The number of hydrogen-bond donors (Lipinski definition) is 3. The first-order valence-electron chi connectivity index (χ1n) is 15.3. The number of benzene rings is 3. The number of amides is 3. The highest BCUT2D eigenvalue weighted by molar-refractivity contribution is 7.12. The van der Waals surface area contributed by atoms with Gasteiger partial charge in [0, 0.05) is 52.4 Å². The van der Waals surface area contributed by atoms with Gasteiger partial charge in [0.25, 0.3) is 5.91 Å². The van der Waals surface area contributed by atoms with Gasteiger partial charge in [-0.2, -0.15) is 0 Å². The minimum absolute atomic E-state index is 0.00432. The van der Waals surface area contributed by atoms with Crippen molar-refractivity contribution < 1.29 is 9.59 Å². The molecule has 0 bridgehead atoms. The molecular weight excluding hydrogens is 568 g/mol. The van der Waals surface area contributed by atoms with Crippen molar-refractivity contribution in [2.24, 2.45) is 5.73 Å². The Labute approximate surface area is 264 Å². The number of nitrogens with zero attached hydrogens (tertiary/aromatic N) is 3. The van der Waals surface area contributed by atoms with E-state index >= 15 is 0 Å². The van der Waals surface area contributed by atoms with E-state index in [9.17, 15) is 9.59 Å². The first-order valence-corrected chi connectivity index (χ1v) is 16.1. The van der Waals surface area contributed by atoms with E-state index in [-0.39, 0.29) is 11.9 Å². The van der Waals surface area contributed by atoms with Crippen LogP contribution in [0.15, 0.2) is 84.2 Å². The summed E-state index contributed by atoms with van der Waals surface area (Å²) < 4.78 is 0. The second-order valence-electron chi connectivity index (χ2n) is 11.3. The van der Waals surface area contributed by atoms with E-state index in [0.717, 1.165) is 71.8 Å². The number of carbonyl (C=O) groups is 2. The van der Waals surface area contributed by atoms with Crippen molar-refractivity contribution >= 4 is 34.6 Å². The molecule has 1 aromatic heterocycles. The zero-order valence-corrected chi connectivity index (χ0v) is 26.4. The Bertz CT molecular complexity index is 1550. The molecule has 0 aliphatic carbocycles. The van der Waals surface area contributed by atoms with Gasteiger partial charge in [-0.25, -0.2) is 4.79 Å². The standard InChI is InChI=1S/C35H42N6O2S/c1-3-14-37-35(43)38-31-22-30(12-13-32(31)40-17-15-39(2)16-18-40)29-10-5-9-28(21-29)25-41(34(42)33-11-6-19-44-33)24-27-8-4-7-26(20-27)23-36/h4-13,19-22H,3,14-18,23-25,36H2,1-2H3,(H2,37,38,43). The van der Waals surface area contributed by atoms with Crippen molar-refractivity contribution in [3.8, 4) is 11.1 Å². The number of piperazine rings is 1. The zero-order valence-electron chi connectivity index (χ0n) is 25.6. The van der Waals surface area contributed by atoms with Crippen LogP contribution in [0.1, 0.15) is 39.7 Å². The van der Waals surface area contributed by atoms with Gasteiger partial charge in [-0.05, 0) is 70.9 Å². The molecule has 0 atom stereocenters. The number of nitrogens with two attached hydrogens (primary N) is 1. The lowest BCUT2D eigenvalue weighted by Crippen LogP contribution is -2.44. The maximum Gasteiger partial charge on any atom is 0.319 e. The summed E-state index contributed by atoms with van der Waals surface area (Å²) in [4.78, 5) is 33.6. The summed E-state index contributed by atoms with van der Waals surface area (Å²) in [6.45, 7) is 7.81. The summed E-state index contributed by atoms with van der Waals surface area (Å²) in [5.41, 5.74) is 12.9. The van der Waals surface area contributed by atoms with E-state index in [0.29, 0.717) is 31.1 Å². The second-order valence-corrected chi connectivity index (χ2v) is 12.2. The predicted octanol–water partition coefficient (Wildman–Crippen LogP) is 6.00. The molecule has 1 saturated heterocycles. The maximum absolute atomic E-state index is 13.6. The fourth-order valence-corrected chi connectivity index (χ4v) is 6.14. The number of likely N-dealkylation sites (N-methyl/N-ethyl adjacent to an activating group) is 1. The van der Waals surface area contributed by atoms with Crippen LogP contribution in [-0.4, -0.2) is 61.5 Å². The molecule has 44 heavy (non-hydrogen) atoms. The van der Waals surface area contributed by atoms with Crippen LogP contribution in [0.25, 0.3) is 11.1 Å². The van der Waals surface area contributed by atoms with Crippen LogP contribution < -0.4 is 21.3 Å². The quantitative estimate of drug-likeness (QED) is 0.194. The highest BCUT2D eigenvalue weighted by atomic mass is 32.1. The number of urea groups is 1. The molecule has 4 aromatic rings. The molecule has 0 saturated carbocycles. The molecule has 3 aromatic carbocycles. The molecule has 8 nitrogen and oxygen atoms in total. The minimum atomic E-state index is -0.199. The van der Waals surface area contributed by atoms with Crippen LogP contribution in [0.2, 0.25) is 0 Å². The Balaban J connectivity index is 1.42. The molecule has 5 rings (SSSR count). The average molecular weight is 611 g/mol. The van der Waals surface area contributed by atoms with Gasteiger partial charge >= 0.3 is 6.03 Å². The van der Waals surface area contributed by atoms with Gasteiger partial charge < -0.3 is 31.1 Å². The zero-order chi connectivity index (χ0) is 30.9. The van der Waals surface area contributed by atoms with Gasteiger partial charge in [0.15, 0.2) is 0 Å². The lowest BCUT2D eigenvalue weighted by Gasteiger charge is -2.35. The second kappa shape index (κ2) is 15.0. The number of hydrogen-bond acceptors (Lipinski definition) is 6. The SMILES string of the molecule is CCCNC(=O)Nc1cc(-c2cccc(CN(Cc3cccc(CN)c3)C(=O)c3cccs3)c2)ccc1N1CCN(C)CC1. The first-order chi connectivity index (χ1) is 21.4. The highest BCUT2D eigenvalue weighted by Crippen LogP contribution is 2.33. The lowest BCUT2D eigenvalue weighted by atomic mass is 10.0. The van der Waals surface area contributed by atoms with E-state index in [1.165, 1.54) is 11.3 Å². The fraction of sp³-hybridized carbons (Fsp3) is 0.314. The minimum Gasteiger partial charge on any atom is -0.367 e. The van der Waals surface area contributed by atoms with Gasteiger partial charge in [-0.3, -0.25) is 4.79 Å². The van der Waals surface area contributed by atoms with E-state index < -0.39 is 0 Å². The van der Waals surface area contributed by atoms with Crippen molar-refractivity contribution in [1.29, 1.82) is 0 Å². The van der Waals surface area contributed by atoms with Gasteiger partial charge in [0.2, 0.25) is 0 Å². The third-order valence-electron chi connectivity index (χ3n) is 7.88. The summed E-state index contributed by atoms with van der Waals surface area (Å²) in [7, 11) is 2.14. The molecule has 1 aliphatic rings. The molecule has 2 heterocycles. The number of nitrogens with one attached hydrogen (secondary N) is 2. The van der Waals surface area contributed by atoms with Crippen molar-refractivity contribution in [2.75, 3.05) is 50.0 Å². The monoisotopic (exact) mass is 610 g/mol. The molecule has 1 fully saturated rings. The number of rotatable bonds is 11. The first kappa shape index (κ1) is 31.3. The smallest absolute Gasteiger partial charge is 0.319 e. The molecule has 0 radical (unpaired) electrons. The molecular formula is C35H42N6O2S. The lowest BCUT2D eigenvalue weighted by molar-refractivity contribution is 0.0735. The van der Waals surface area contributed by atoms with Crippen molar-refractivity contribution in [3.63, 3.8) is 0 Å². The summed E-state index contributed by atoms with van der Waals surface area (Å²) in [6, 6.07) is 26.3. The normalized spacial score (nSPS) is 13.5. The Morgan fingerprint density at radius 2 is 1.57 bits per heavy atom. The van der Waals surface area contributed by atoms with Crippen molar-refractivity contribution in [1.82, 2.24) is 15.1 Å². The molecule has 3 amide bonds. The Morgan fingerprint density at radius 1 is 0.864 bits per heavy atom. The topological polar surface area (TPSA) is 93.9 Å². The molecule has 4 N–H and O–H groups in total. The van der Waals surface area contributed by atoms with Gasteiger partial charge in [-0.15, -0.1) is 11.3 Å². The average Bonchev–Trinajstić information content (AvgIpc) is 3.59. The largest absolute Gasteiger partial charge is 0.367 e. The van der Waals surface area contributed by atoms with Crippen LogP contribution in [-0.2, 0) is 19.6 Å². The van der Waals surface area contributed by atoms with Crippen LogP contribution in [0.4, 0.5) is 16.2 Å². The summed E-state index contributed by atoms with van der Waals surface area (Å²) in [5, 5.41) is 7.98. The number of thiophene rings is 1. The van der Waals surface area contributed by atoms with E-state index in [1.807, 2.05) is 53.6 Å². The third-order valence-corrected chi connectivity index (χ3v) is 8.74. The van der Waals surface area contributed by atoms with Crippen molar-refractivity contribution in [3.05, 3.63) is 106 Å². The van der Waals surface area contributed by atoms with Gasteiger partial charge in [-0.1, -0.05) is 61.5 Å². The summed E-state index contributed by atoms with van der Waals surface area (Å²) >= 11 is 1.45. The fourth-order valence-electron chi connectivity index (χ4n) is 5.44. The van der Waals surface area contributed by atoms with Crippen molar-refractivity contribution in [2.45, 2.75) is 33.0 Å². The number of carbonyl (C=O) groups excluding carboxylic acids is 2. The Kier molecular flexibility index (Phi) is 10.7. The van der Waals surface area contributed by atoms with E-state index in [1.54, 1.807) is 0 Å². The molecule has 1 aliphatic heterocycles. The summed E-state index contributed by atoms with van der Waals surface area (Å²) in [6.07, 6.45) is 0.871. The Hall–Kier alpha value is -4.18. The third kappa shape index (κ3) is 8.05. The molecule has 0 spiro atoms. The predicted molar refractivity (Wildman–Crippen MR) is 181 cm³/mol. The van der Waals surface area contributed by atoms with E-state index in [2.05, 4.69) is 69.9 Å². The van der Waals surface area contributed by atoms with Crippen LogP contribution in [0, 0.1) is 0 Å². The molecule has 230 valence electrons. The molecule has 0 unspecified atom stereocenters. The van der Waals surface area contributed by atoms with Gasteiger partial charge in [0.05, 0.1) is 16.3 Å². The molecule has 9 heteroatoms. The number of anilines is 2. The maximum atomic E-state index is 13.6.